The van der Waals surface area contributed by atoms with E-state index >= 15 is 0 Å². The molecule has 0 unspecified atom stereocenters. The number of thiocarbonyl (C=S) groups is 1. The van der Waals surface area contributed by atoms with Gasteiger partial charge in [-0.25, -0.2) is 4.98 Å². The van der Waals surface area contributed by atoms with E-state index in [1.54, 1.807) is 0 Å². The molecule has 2 fully saturated rings. The van der Waals surface area contributed by atoms with E-state index in [1.165, 1.54) is 12.8 Å². The number of nitrogens with zero attached hydrogens (tertiary/aromatic N) is 3. The van der Waals surface area contributed by atoms with E-state index in [9.17, 15) is 0 Å². The van der Waals surface area contributed by atoms with Crippen molar-refractivity contribution in [3.05, 3.63) is 11.8 Å². The van der Waals surface area contributed by atoms with Crippen molar-refractivity contribution in [2.75, 3.05) is 36.5 Å². The molecule has 0 aliphatic carbocycles. The molecule has 2 aliphatic rings. The van der Waals surface area contributed by atoms with Crippen LogP contribution in [-0.2, 0) is 4.74 Å². The van der Waals surface area contributed by atoms with Crippen LogP contribution in [0.1, 0.15) is 38.3 Å². The monoisotopic (exact) mass is 349 g/mol. The lowest BCUT2D eigenvalue weighted by Gasteiger charge is -2.32. The zero-order valence-electron chi connectivity index (χ0n) is 14.5. The second-order valence-electron chi connectivity index (χ2n) is 6.85. The minimum absolute atomic E-state index is 0.258. The fourth-order valence-electron chi connectivity index (χ4n) is 3.32. The van der Waals surface area contributed by atoms with Crippen LogP contribution in [0.3, 0.4) is 0 Å². The molecule has 132 valence electrons. The Labute approximate surface area is 149 Å². The highest BCUT2D eigenvalue weighted by molar-refractivity contribution is 7.80. The molecule has 3 heterocycles. The summed E-state index contributed by atoms with van der Waals surface area (Å²) in [6.45, 7) is 7.98. The van der Waals surface area contributed by atoms with Gasteiger partial charge in [-0.3, -0.25) is 0 Å². The number of nitrogens with one attached hydrogen (secondary N) is 2. The molecule has 7 heteroatoms. The van der Waals surface area contributed by atoms with Crippen LogP contribution in [0.2, 0.25) is 0 Å². The first-order chi connectivity index (χ1) is 11.6. The van der Waals surface area contributed by atoms with Crippen molar-refractivity contribution >= 4 is 29.1 Å². The normalized spacial score (nSPS) is 24.0. The highest BCUT2D eigenvalue weighted by atomic mass is 32.1. The fraction of sp³-hybridized carbons (Fsp3) is 0.706. The predicted octanol–water partition coefficient (Wildman–Crippen LogP) is 2.49. The molecular formula is C17H27N5OS. The maximum absolute atomic E-state index is 5.59. The van der Waals surface area contributed by atoms with E-state index < -0.39 is 0 Å². The van der Waals surface area contributed by atoms with Crippen molar-refractivity contribution < 1.29 is 4.74 Å². The van der Waals surface area contributed by atoms with Gasteiger partial charge in [-0.15, -0.1) is 0 Å². The lowest BCUT2D eigenvalue weighted by atomic mass is 10.0. The lowest BCUT2D eigenvalue weighted by molar-refractivity contribution is 0.114. The quantitative estimate of drug-likeness (QED) is 0.810. The van der Waals surface area contributed by atoms with E-state index in [0.717, 1.165) is 50.6 Å². The number of anilines is 2. The predicted molar refractivity (Wildman–Crippen MR) is 101 cm³/mol. The van der Waals surface area contributed by atoms with Crippen LogP contribution in [0.25, 0.3) is 0 Å². The molecule has 0 bridgehead atoms. The molecule has 3 rings (SSSR count). The summed E-state index contributed by atoms with van der Waals surface area (Å²) in [6.07, 6.45) is 4.99. The molecule has 2 N–H and O–H groups in total. The fourth-order valence-corrected chi connectivity index (χ4v) is 3.50. The zero-order chi connectivity index (χ0) is 16.9. The third kappa shape index (κ3) is 4.77. The second kappa shape index (κ2) is 8.07. The van der Waals surface area contributed by atoms with Gasteiger partial charge in [0.25, 0.3) is 0 Å². The summed E-state index contributed by atoms with van der Waals surface area (Å²) < 4.78 is 5.59. The molecule has 0 radical (unpaired) electrons. The lowest BCUT2D eigenvalue weighted by Crippen LogP contribution is -2.36. The maximum Gasteiger partial charge on any atom is 0.231 e. The number of aromatic nitrogens is 2. The molecule has 24 heavy (non-hydrogen) atoms. The van der Waals surface area contributed by atoms with Crippen LogP contribution in [0, 0.1) is 12.8 Å². The first-order valence-electron chi connectivity index (χ1n) is 8.87. The maximum atomic E-state index is 5.59. The summed E-state index contributed by atoms with van der Waals surface area (Å²) in [6, 6.07) is 2.05. The summed E-state index contributed by atoms with van der Waals surface area (Å²) in [4.78, 5) is 11.5. The molecule has 0 amide bonds. The highest BCUT2D eigenvalue weighted by Crippen LogP contribution is 2.22. The minimum atomic E-state index is 0.258. The van der Waals surface area contributed by atoms with Crippen molar-refractivity contribution in [2.24, 2.45) is 5.92 Å². The van der Waals surface area contributed by atoms with E-state index in [0.29, 0.717) is 17.0 Å². The van der Waals surface area contributed by atoms with Crippen LogP contribution in [0.4, 0.5) is 11.8 Å². The minimum Gasteiger partial charge on any atom is -0.376 e. The Bertz CT molecular complexity index is 576. The largest absolute Gasteiger partial charge is 0.376 e. The Morgan fingerprint density at radius 1 is 1.38 bits per heavy atom. The Hall–Kier alpha value is -1.47. The molecule has 2 saturated heterocycles. The molecule has 6 nitrogen and oxygen atoms in total. The van der Waals surface area contributed by atoms with E-state index in [2.05, 4.69) is 32.4 Å². The number of rotatable bonds is 4. The van der Waals surface area contributed by atoms with Crippen LogP contribution in [0.5, 0.6) is 0 Å². The number of hydrogen-bond donors (Lipinski definition) is 2. The van der Waals surface area contributed by atoms with Gasteiger partial charge in [0.2, 0.25) is 5.95 Å². The first-order valence-corrected chi connectivity index (χ1v) is 9.28. The van der Waals surface area contributed by atoms with Gasteiger partial charge < -0.3 is 20.3 Å². The van der Waals surface area contributed by atoms with Crippen molar-refractivity contribution in [3.63, 3.8) is 0 Å². The number of piperidine rings is 1. The zero-order valence-corrected chi connectivity index (χ0v) is 15.4. The summed E-state index contributed by atoms with van der Waals surface area (Å²) in [5.41, 5.74) is 0.947. The van der Waals surface area contributed by atoms with Crippen LogP contribution in [0.15, 0.2) is 6.07 Å². The van der Waals surface area contributed by atoms with Gasteiger partial charge in [0.1, 0.15) is 5.82 Å². The topological polar surface area (TPSA) is 62.3 Å². The third-order valence-electron chi connectivity index (χ3n) is 4.56. The molecule has 0 saturated carbocycles. The molecule has 0 spiro atoms. The van der Waals surface area contributed by atoms with Crippen LogP contribution in [-0.4, -0.2) is 47.4 Å². The smallest absolute Gasteiger partial charge is 0.231 e. The average Bonchev–Trinajstić information content (AvgIpc) is 3.06. The van der Waals surface area contributed by atoms with Gasteiger partial charge in [-0.05, 0) is 50.7 Å². The van der Waals surface area contributed by atoms with Gasteiger partial charge >= 0.3 is 0 Å². The van der Waals surface area contributed by atoms with Crippen LogP contribution >= 0.6 is 12.2 Å². The second-order valence-corrected chi connectivity index (χ2v) is 7.26. The van der Waals surface area contributed by atoms with Crippen LogP contribution < -0.4 is 15.5 Å². The van der Waals surface area contributed by atoms with Gasteiger partial charge in [0.05, 0.1) is 6.10 Å². The number of hydrogen-bond acceptors (Lipinski definition) is 5. The third-order valence-corrected chi connectivity index (χ3v) is 4.81. The summed E-state index contributed by atoms with van der Waals surface area (Å²) in [5.74, 6) is 2.26. The summed E-state index contributed by atoms with van der Waals surface area (Å²) in [5, 5.41) is 6.86. The Kier molecular flexibility index (Phi) is 5.84. The Balaban J connectivity index is 1.59. The Morgan fingerprint density at radius 2 is 2.25 bits per heavy atom. The number of aryl methyl sites for hydroxylation is 1. The van der Waals surface area contributed by atoms with Gasteiger partial charge in [-0.1, -0.05) is 6.92 Å². The van der Waals surface area contributed by atoms with Crippen molar-refractivity contribution in [3.8, 4) is 0 Å². The SMILES string of the molecule is Cc1cc(N2CCC[C@H](C)C2)nc(NC(=S)NC[C@H]2CCCO2)n1. The number of ether oxygens (including phenoxy) is 1. The molecule has 2 atom stereocenters. The highest BCUT2D eigenvalue weighted by Gasteiger charge is 2.19. The molecule has 0 aromatic carbocycles. The molecule has 1 aromatic rings. The molecule has 2 aliphatic heterocycles. The first kappa shape index (κ1) is 17.4. The average molecular weight is 350 g/mol. The van der Waals surface area contributed by atoms with Gasteiger partial charge in [-0.2, -0.15) is 4.98 Å². The van der Waals surface area contributed by atoms with Crippen molar-refractivity contribution in [1.29, 1.82) is 0 Å². The van der Waals surface area contributed by atoms with E-state index in [1.807, 2.05) is 13.0 Å². The van der Waals surface area contributed by atoms with E-state index in [-0.39, 0.29) is 6.10 Å². The molecular weight excluding hydrogens is 322 g/mol. The standard InChI is InChI=1S/C17H27N5OS/c1-12-5-3-7-22(11-12)15-9-13(2)19-16(20-15)21-17(24)18-10-14-6-4-8-23-14/h9,12,14H,3-8,10-11H2,1-2H3,(H2,18,19,20,21,24)/t12-,14+/m0/s1. The molecule has 1 aromatic heterocycles. The van der Waals surface area contributed by atoms with E-state index in [4.69, 9.17) is 17.0 Å². The summed E-state index contributed by atoms with van der Waals surface area (Å²) in [7, 11) is 0. The summed E-state index contributed by atoms with van der Waals surface area (Å²) >= 11 is 5.36. The van der Waals surface area contributed by atoms with Gasteiger partial charge in [0.15, 0.2) is 5.11 Å². The van der Waals surface area contributed by atoms with Crippen molar-refractivity contribution in [1.82, 2.24) is 15.3 Å². The Morgan fingerprint density at radius 3 is 3.00 bits per heavy atom. The van der Waals surface area contributed by atoms with Gasteiger partial charge in [0, 0.05) is 38.0 Å². The van der Waals surface area contributed by atoms with Crippen molar-refractivity contribution in [2.45, 2.75) is 45.6 Å².